The zero-order valence-corrected chi connectivity index (χ0v) is 46.5. The predicted octanol–water partition coefficient (Wildman–Crippen LogP) is 20.4. The van der Waals surface area contributed by atoms with E-state index in [1.807, 2.05) is 0 Å². The normalized spacial score (nSPS) is 12.4. The van der Waals surface area contributed by atoms with Crippen molar-refractivity contribution in [2.75, 3.05) is 13.2 Å². The van der Waals surface area contributed by atoms with Gasteiger partial charge < -0.3 is 14.2 Å². The van der Waals surface area contributed by atoms with Crippen LogP contribution in [0.3, 0.4) is 0 Å². The van der Waals surface area contributed by atoms with Crippen molar-refractivity contribution in [1.82, 2.24) is 0 Å². The minimum absolute atomic E-state index is 0.0731. The Morgan fingerprint density at radius 1 is 0.300 bits per heavy atom. The minimum Gasteiger partial charge on any atom is -0.462 e. The first-order chi connectivity index (χ1) is 34.5. The van der Waals surface area contributed by atoms with Crippen LogP contribution < -0.4 is 0 Å². The molecule has 0 aliphatic carbocycles. The lowest BCUT2D eigenvalue weighted by Gasteiger charge is -2.18. The van der Waals surface area contributed by atoms with Crippen molar-refractivity contribution >= 4 is 17.9 Å². The van der Waals surface area contributed by atoms with Gasteiger partial charge >= 0.3 is 17.9 Å². The molecule has 70 heavy (non-hydrogen) atoms. The van der Waals surface area contributed by atoms with Crippen LogP contribution in [0.5, 0.6) is 0 Å². The molecule has 1 atom stereocenters. The Bertz CT molecular complexity index is 1260. The van der Waals surface area contributed by atoms with E-state index in [0.717, 1.165) is 89.9 Å². The lowest BCUT2D eigenvalue weighted by molar-refractivity contribution is -0.167. The van der Waals surface area contributed by atoms with Crippen molar-refractivity contribution in [2.24, 2.45) is 0 Å². The first-order valence-corrected chi connectivity index (χ1v) is 30.3. The summed E-state index contributed by atoms with van der Waals surface area (Å²) in [6.07, 6.45) is 73.9. The summed E-state index contributed by atoms with van der Waals surface area (Å²) in [4.78, 5) is 38.0. The van der Waals surface area contributed by atoms with Crippen LogP contribution >= 0.6 is 0 Å². The topological polar surface area (TPSA) is 78.9 Å². The minimum atomic E-state index is -0.772. The third kappa shape index (κ3) is 56.0. The van der Waals surface area contributed by atoms with Gasteiger partial charge in [0.05, 0.1) is 0 Å². The van der Waals surface area contributed by atoms with E-state index in [0.29, 0.717) is 19.3 Å². The van der Waals surface area contributed by atoms with E-state index in [4.69, 9.17) is 14.2 Å². The number of carbonyl (C=O) groups excluding carboxylic acids is 3. The van der Waals surface area contributed by atoms with Crippen molar-refractivity contribution in [3.05, 3.63) is 60.8 Å². The van der Waals surface area contributed by atoms with Gasteiger partial charge in [0.15, 0.2) is 6.10 Å². The molecule has 1 unspecified atom stereocenters. The molecule has 0 bridgehead atoms. The molecule has 0 aliphatic heterocycles. The Kier molecular flexibility index (Phi) is 56.3. The summed E-state index contributed by atoms with van der Waals surface area (Å²) in [7, 11) is 0. The highest BCUT2D eigenvalue weighted by Gasteiger charge is 2.19. The van der Waals surface area contributed by atoms with E-state index in [9.17, 15) is 14.4 Å². The maximum absolute atomic E-state index is 12.8. The van der Waals surface area contributed by atoms with Crippen LogP contribution in [0.2, 0.25) is 0 Å². The summed E-state index contributed by atoms with van der Waals surface area (Å²) in [6, 6.07) is 0. The Hall–Kier alpha value is -2.89. The highest BCUT2D eigenvalue weighted by molar-refractivity contribution is 5.71. The van der Waals surface area contributed by atoms with Crippen molar-refractivity contribution in [2.45, 2.75) is 316 Å². The molecule has 0 radical (unpaired) electrons. The second-order valence-corrected chi connectivity index (χ2v) is 20.2. The van der Waals surface area contributed by atoms with E-state index in [1.54, 1.807) is 0 Å². The lowest BCUT2D eigenvalue weighted by atomic mass is 10.0. The van der Waals surface area contributed by atoms with Gasteiger partial charge in [-0.2, -0.15) is 0 Å². The van der Waals surface area contributed by atoms with Gasteiger partial charge in [-0.25, -0.2) is 0 Å². The first-order valence-electron chi connectivity index (χ1n) is 30.3. The van der Waals surface area contributed by atoms with Crippen LogP contribution in [0.15, 0.2) is 60.8 Å². The van der Waals surface area contributed by atoms with Crippen LogP contribution in [0, 0.1) is 0 Å². The Labute approximate surface area is 434 Å². The van der Waals surface area contributed by atoms with Crippen LogP contribution in [0.4, 0.5) is 0 Å². The van der Waals surface area contributed by atoms with Gasteiger partial charge in [-0.05, 0) is 83.5 Å². The zero-order valence-electron chi connectivity index (χ0n) is 46.5. The van der Waals surface area contributed by atoms with E-state index in [2.05, 4.69) is 81.5 Å². The van der Waals surface area contributed by atoms with Gasteiger partial charge in [0.25, 0.3) is 0 Å². The van der Waals surface area contributed by atoms with E-state index >= 15 is 0 Å². The second-order valence-electron chi connectivity index (χ2n) is 20.2. The molecular formula is C64H114O6. The quantitative estimate of drug-likeness (QED) is 0.0261. The van der Waals surface area contributed by atoms with Crippen molar-refractivity contribution in [3.63, 3.8) is 0 Å². The molecule has 0 spiro atoms. The van der Waals surface area contributed by atoms with E-state index < -0.39 is 6.10 Å². The molecule has 6 heteroatoms. The molecule has 0 saturated heterocycles. The van der Waals surface area contributed by atoms with Crippen molar-refractivity contribution < 1.29 is 28.6 Å². The van der Waals surface area contributed by atoms with E-state index in [-0.39, 0.29) is 31.1 Å². The number of allylic oxidation sites excluding steroid dienone is 10. The third-order valence-electron chi connectivity index (χ3n) is 13.3. The maximum atomic E-state index is 12.8. The highest BCUT2D eigenvalue weighted by atomic mass is 16.6. The fourth-order valence-electron chi connectivity index (χ4n) is 8.72. The number of unbranched alkanes of at least 4 members (excludes halogenated alkanes) is 34. The van der Waals surface area contributed by atoms with Crippen LogP contribution in [0.1, 0.15) is 310 Å². The van der Waals surface area contributed by atoms with Crippen molar-refractivity contribution in [1.29, 1.82) is 0 Å². The van der Waals surface area contributed by atoms with E-state index in [1.165, 1.54) is 180 Å². The number of carbonyl (C=O) groups is 3. The predicted molar refractivity (Wildman–Crippen MR) is 302 cm³/mol. The molecule has 0 heterocycles. The van der Waals surface area contributed by atoms with Gasteiger partial charge in [0.1, 0.15) is 13.2 Å². The number of hydrogen-bond donors (Lipinski definition) is 0. The number of rotatable bonds is 55. The third-order valence-corrected chi connectivity index (χ3v) is 13.3. The lowest BCUT2D eigenvalue weighted by Crippen LogP contribution is -2.30. The smallest absolute Gasteiger partial charge is 0.306 e. The molecule has 0 aromatic carbocycles. The average Bonchev–Trinajstić information content (AvgIpc) is 3.36. The van der Waals surface area contributed by atoms with Gasteiger partial charge in [-0.3, -0.25) is 14.4 Å². The molecule has 0 aliphatic rings. The molecule has 406 valence electrons. The molecular weight excluding hydrogens is 865 g/mol. The summed E-state index contributed by atoms with van der Waals surface area (Å²) in [6.45, 7) is 6.50. The molecule has 0 aromatic rings. The highest BCUT2D eigenvalue weighted by Crippen LogP contribution is 2.17. The monoisotopic (exact) mass is 979 g/mol. The SMILES string of the molecule is CC/C=C\C/C=C\C/C=C\C/C=C\CCCCCCCCCCCCCCCCCCCCC(=O)OCC(COC(=O)CCCCCCCCCC)OC(=O)CCCCCCC/C=C\CCCCCC. The van der Waals surface area contributed by atoms with Crippen LogP contribution in [-0.4, -0.2) is 37.2 Å². The molecule has 0 amide bonds. The van der Waals surface area contributed by atoms with Gasteiger partial charge in [0.2, 0.25) is 0 Å². The fraction of sp³-hybridized carbons (Fsp3) is 0.797. The largest absolute Gasteiger partial charge is 0.462 e. The first kappa shape index (κ1) is 67.1. The average molecular weight is 980 g/mol. The Morgan fingerprint density at radius 2 is 0.557 bits per heavy atom. The standard InChI is InChI=1S/C64H114O6/c1-4-7-10-13-16-19-21-23-24-25-26-27-28-29-30-31-32-33-34-35-36-37-38-39-40-42-43-45-48-51-54-57-63(66)69-60-61(59-68-62(65)56-53-50-47-18-15-12-9-6-3)70-64(67)58-55-52-49-46-44-41-22-20-17-14-11-8-5-2/h7,10,16,19-20,22-24,26-27,61H,4-6,8-9,11-15,17-18,21,25,28-60H2,1-3H3/b10-7-,19-16-,22-20-,24-23-,27-26-. The van der Waals surface area contributed by atoms with Gasteiger partial charge in [0, 0.05) is 19.3 Å². The summed E-state index contributed by atoms with van der Waals surface area (Å²) in [5, 5.41) is 0. The molecule has 0 saturated carbocycles. The Balaban J connectivity index is 4.02. The molecule has 0 rings (SSSR count). The summed E-state index contributed by atoms with van der Waals surface area (Å²) >= 11 is 0. The molecule has 6 nitrogen and oxygen atoms in total. The fourth-order valence-corrected chi connectivity index (χ4v) is 8.72. The zero-order chi connectivity index (χ0) is 50.7. The van der Waals surface area contributed by atoms with Gasteiger partial charge in [-0.15, -0.1) is 0 Å². The number of ether oxygens (including phenoxy) is 3. The number of hydrogen-bond acceptors (Lipinski definition) is 6. The maximum Gasteiger partial charge on any atom is 0.306 e. The molecule has 0 aromatic heterocycles. The van der Waals surface area contributed by atoms with Crippen molar-refractivity contribution in [3.8, 4) is 0 Å². The van der Waals surface area contributed by atoms with Gasteiger partial charge in [-0.1, -0.05) is 268 Å². The Morgan fingerprint density at radius 3 is 0.900 bits per heavy atom. The summed E-state index contributed by atoms with van der Waals surface area (Å²) in [5.41, 5.74) is 0. The van der Waals surface area contributed by atoms with Crippen LogP contribution in [0.25, 0.3) is 0 Å². The summed E-state index contributed by atoms with van der Waals surface area (Å²) < 4.78 is 16.8. The second kappa shape index (κ2) is 58.7. The summed E-state index contributed by atoms with van der Waals surface area (Å²) in [5.74, 6) is -0.873. The molecule has 0 N–H and O–H groups in total. The molecule has 0 fully saturated rings. The number of esters is 3. The van der Waals surface area contributed by atoms with Crippen LogP contribution in [-0.2, 0) is 28.6 Å².